The molecule has 0 saturated heterocycles. The second kappa shape index (κ2) is 8.88. The third-order valence-corrected chi connectivity index (χ3v) is 7.40. The van der Waals surface area contributed by atoms with Crippen molar-refractivity contribution in [1.82, 2.24) is 9.97 Å². The fraction of sp³-hybridized carbons (Fsp3) is 0.292. The molecule has 1 amide bonds. The molecule has 0 radical (unpaired) electrons. The molecule has 34 heavy (non-hydrogen) atoms. The molecule has 0 bridgehead atoms. The monoisotopic (exact) mass is 499 g/mol. The molecule has 10 heteroatoms. The van der Waals surface area contributed by atoms with E-state index in [9.17, 15) is 13.2 Å². The summed E-state index contributed by atoms with van der Waals surface area (Å²) < 4.78 is 24.3. The molecule has 0 atom stereocenters. The van der Waals surface area contributed by atoms with Gasteiger partial charge in [-0.15, -0.1) is 0 Å². The van der Waals surface area contributed by atoms with Crippen molar-refractivity contribution in [3.8, 4) is 0 Å². The number of anilines is 5. The smallest absolute Gasteiger partial charge is 0.229 e. The van der Waals surface area contributed by atoms with Crippen LogP contribution in [0.1, 0.15) is 32.3 Å². The number of fused-ring (bicyclic) bond motifs is 1. The van der Waals surface area contributed by atoms with Crippen LogP contribution in [0.5, 0.6) is 0 Å². The Kier molecular flexibility index (Phi) is 6.26. The number of rotatable bonds is 5. The summed E-state index contributed by atoms with van der Waals surface area (Å²) in [4.78, 5) is 22.9. The molecule has 8 nitrogen and oxygen atoms in total. The molecule has 0 unspecified atom stereocenters. The van der Waals surface area contributed by atoms with Crippen LogP contribution in [-0.2, 0) is 20.0 Å². The van der Waals surface area contributed by atoms with E-state index in [4.69, 9.17) is 11.6 Å². The number of hydrogen-bond donors (Lipinski definition) is 2. The highest BCUT2D eigenvalue weighted by atomic mass is 35.5. The number of hydrogen-bond acceptors (Lipinski definition) is 7. The van der Waals surface area contributed by atoms with Gasteiger partial charge in [0.05, 0.1) is 16.8 Å². The van der Waals surface area contributed by atoms with Crippen molar-refractivity contribution in [1.29, 1.82) is 0 Å². The van der Waals surface area contributed by atoms with E-state index in [1.54, 1.807) is 30.1 Å². The number of aromatic nitrogens is 2. The topological polar surface area (TPSA) is 104 Å². The lowest BCUT2D eigenvalue weighted by Gasteiger charge is -2.27. The van der Waals surface area contributed by atoms with Gasteiger partial charge in [-0.2, -0.15) is 4.98 Å². The molecule has 1 aliphatic heterocycles. The molecule has 1 aromatic heterocycles. The molecular weight excluding hydrogens is 474 g/mol. The van der Waals surface area contributed by atoms with Gasteiger partial charge in [-0.05, 0) is 47.7 Å². The van der Waals surface area contributed by atoms with Crippen LogP contribution < -0.4 is 15.5 Å². The van der Waals surface area contributed by atoms with Crippen molar-refractivity contribution < 1.29 is 13.2 Å². The first kappa shape index (κ1) is 24.0. The molecule has 4 rings (SSSR count). The number of carbonyl (C=O) groups excluding carboxylic acids is 1. The predicted molar refractivity (Wildman–Crippen MR) is 135 cm³/mol. The van der Waals surface area contributed by atoms with Gasteiger partial charge in [-0.25, -0.2) is 13.4 Å². The van der Waals surface area contributed by atoms with Gasteiger partial charge in [0.15, 0.2) is 15.7 Å². The fourth-order valence-corrected chi connectivity index (χ4v) is 4.95. The third-order valence-electron chi connectivity index (χ3n) is 5.96. The van der Waals surface area contributed by atoms with Crippen molar-refractivity contribution in [2.75, 3.05) is 28.8 Å². The lowest BCUT2D eigenvalue weighted by molar-refractivity contribution is -0.118. The lowest BCUT2D eigenvalue weighted by Crippen LogP contribution is -2.25. The largest absolute Gasteiger partial charge is 0.338 e. The maximum absolute atomic E-state index is 12.4. The van der Waals surface area contributed by atoms with Gasteiger partial charge in [0, 0.05) is 31.1 Å². The van der Waals surface area contributed by atoms with E-state index in [0.717, 1.165) is 29.6 Å². The predicted octanol–water partition coefficient (Wildman–Crippen LogP) is 5.05. The highest BCUT2D eigenvalue weighted by molar-refractivity contribution is 7.90. The molecule has 2 N–H and O–H groups in total. The molecule has 178 valence electrons. The molecule has 2 aromatic carbocycles. The van der Waals surface area contributed by atoms with Crippen molar-refractivity contribution in [3.05, 3.63) is 59.2 Å². The molecule has 0 aliphatic carbocycles. The molecule has 2 heterocycles. The van der Waals surface area contributed by atoms with E-state index in [1.807, 2.05) is 18.2 Å². The van der Waals surface area contributed by atoms with Crippen LogP contribution in [-0.4, -0.2) is 37.6 Å². The highest BCUT2D eigenvalue weighted by Crippen LogP contribution is 2.40. The first-order chi connectivity index (χ1) is 16.0. The van der Waals surface area contributed by atoms with E-state index < -0.39 is 9.84 Å². The Labute approximate surface area is 204 Å². The lowest BCUT2D eigenvalue weighted by atomic mass is 9.80. The number of carbonyl (C=O) groups is 1. The number of nitrogens with zero attached hydrogens (tertiary/aromatic N) is 3. The quantitative estimate of drug-likeness (QED) is 0.505. The van der Waals surface area contributed by atoms with E-state index >= 15 is 0 Å². The minimum Gasteiger partial charge on any atom is -0.338 e. The molecule has 0 spiro atoms. The maximum atomic E-state index is 12.4. The summed E-state index contributed by atoms with van der Waals surface area (Å²) in [6.07, 6.45) is 3.83. The number of nitrogens with one attached hydrogen (secondary N) is 2. The molecule has 0 fully saturated rings. The fourth-order valence-electron chi connectivity index (χ4n) is 3.97. The summed E-state index contributed by atoms with van der Waals surface area (Å²) in [6.45, 7) is 4.25. The number of benzene rings is 2. The van der Waals surface area contributed by atoms with Gasteiger partial charge in [-0.1, -0.05) is 37.6 Å². The summed E-state index contributed by atoms with van der Waals surface area (Å²) in [6, 6.07) is 12.3. The summed E-state index contributed by atoms with van der Waals surface area (Å²) in [5, 5.41) is 6.45. The SMILES string of the molecule is CN1C(=O)CCC(C)(C)c2cc(Nc3ncc(Cl)c(Nc4ccccc4S(C)(=O)=O)n3)ccc21. The van der Waals surface area contributed by atoms with E-state index in [0.29, 0.717) is 18.1 Å². The molecular formula is C24H26ClN5O3S. The normalized spacial score (nSPS) is 15.4. The van der Waals surface area contributed by atoms with Crippen LogP contribution in [0, 0.1) is 0 Å². The van der Waals surface area contributed by atoms with Gasteiger partial charge in [0.25, 0.3) is 0 Å². The third kappa shape index (κ3) is 4.85. The Morgan fingerprint density at radius 2 is 1.85 bits per heavy atom. The standard InChI is InChI=1S/C24H26ClN5O3S/c1-24(2)12-11-21(31)30(3)19-10-9-15(13-16(19)24)27-23-26-14-17(25)22(29-23)28-18-7-5-6-8-20(18)34(4,32)33/h5-10,13-14H,11-12H2,1-4H3,(H2,26,27,28,29). The summed E-state index contributed by atoms with van der Waals surface area (Å²) in [5.41, 5.74) is 2.89. The Morgan fingerprint density at radius 1 is 1.12 bits per heavy atom. The average molecular weight is 500 g/mol. The first-order valence-corrected chi connectivity index (χ1v) is 13.0. The zero-order valence-electron chi connectivity index (χ0n) is 19.4. The Bertz CT molecular complexity index is 1370. The van der Waals surface area contributed by atoms with Gasteiger partial charge in [0.1, 0.15) is 5.02 Å². The van der Waals surface area contributed by atoms with E-state index in [1.165, 1.54) is 12.3 Å². The zero-order chi connectivity index (χ0) is 24.7. The van der Waals surface area contributed by atoms with Crippen LogP contribution in [0.3, 0.4) is 0 Å². The van der Waals surface area contributed by atoms with Gasteiger partial charge >= 0.3 is 0 Å². The summed E-state index contributed by atoms with van der Waals surface area (Å²) in [7, 11) is -1.65. The van der Waals surface area contributed by atoms with Gasteiger partial charge < -0.3 is 15.5 Å². The minimum absolute atomic E-state index is 0.0960. The highest BCUT2D eigenvalue weighted by Gasteiger charge is 2.31. The number of para-hydroxylation sites is 1. The van der Waals surface area contributed by atoms with Crippen LogP contribution >= 0.6 is 11.6 Å². The first-order valence-electron chi connectivity index (χ1n) is 10.7. The van der Waals surface area contributed by atoms with Crippen molar-refractivity contribution >= 4 is 56.2 Å². The van der Waals surface area contributed by atoms with Crippen LogP contribution in [0.25, 0.3) is 0 Å². The Morgan fingerprint density at radius 3 is 2.59 bits per heavy atom. The molecule has 0 saturated carbocycles. The van der Waals surface area contributed by atoms with Crippen molar-refractivity contribution in [3.63, 3.8) is 0 Å². The maximum Gasteiger partial charge on any atom is 0.229 e. The second-order valence-electron chi connectivity index (χ2n) is 8.98. The van der Waals surface area contributed by atoms with Crippen molar-refractivity contribution in [2.24, 2.45) is 0 Å². The molecule has 3 aromatic rings. The number of sulfone groups is 1. The number of halogens is 1. The van der Waals surface area contributed by atoms with Gasteiger partial charge in [0.2, 0.25) is 11.9 Å². The van der Waals surface area contributed by atoms with Crippen LogP contribution in [0.15, 0.2) is 53.6 Å². The van der Waals surface area contributed by atoms with Crippen LogP contribution in [0.2, 0.25) is 5.02 Å². The summed E-state index contributed by atoms with van der Waals surface area (Å²) in [5.74, 6) is 0.661. The molecule has 1 aliphatic rings. The van der Waals surface area contributed by atoms with Crippen LogP contribution in [0.4, 0.5) is 28.8 Å². The second-order valence-corrected chi connectivity index (χ2v) is 11.4. The minimum atomic E-state index is -3.45. The van der Waals surface area contributed by atoms with E-state index in [-0.39, 0.29) is 27.1 Å². The van der Waals surface area contributed by atoms with Gasteiger partial charge in [-0.3, -0.25) is 4.79 Å². The van der Waals surface area contributed by atoms with Crippen molar-refractivity contribution in [2.45, 2.75) is 37.0 Å². The zero-order valence-corrected chi connectivity index (χ0v) is 21.0. The number of amides is 1. The van der Waals surface area contributed by atoms with E-state index in [2.05, 4.69) is 34.4 Å². The average Bonchev–Trinajstić information content (AvgIpc) is 2.86. The Hall–Kier alpha value is -3.17. The summed E-state index contributed by atoms with van der Waals surface area (Å²) >= 11 is 6.29. The Balaban J connectivity index is 1.66.